The molecule has 2 aromatic heterocycles. The number of anilines is 2. The van der Waals surface area contributed by atoms with Crippen molar-refractivity contribution < 1.29 is 9.18 Å². The van der Waals surface area contributed by atoms with Crippen LogP contribution < -0.4 is 10.2 Å². The van der Waals surface area contributed by atoms with Gasteiger partial charge >= 0.3 is 0 Å². The lowest BCUT2D eigenvalue weighted by Gasteiger charge is -2.28. The molecule has 0 aliphatic carbocycles. The maximum Gasteiger partial charge on any atom is 0.227 e. The van der Waals surface area contributed by atoms with E-state index in [2.05, 4.69) is 15.3 Å². The van der Waals surface area contributed by atoms with Gasteiger partial charge in [0.25, 0.3) is 0 Å². The van der Waals surface area contributed by atoms with Gasteiger partial charge in [-0.2, -0.15) is 5.10 Å². The number of carbonyl (C=O) groups excluding carboxylic acids is 1. The Balaban J connectivity index is 1.68. The van der Waals surface area contributed by atoms with E-state index in [9.17, 15) is 9.18 Å². The van der Waals surface area contributed by atoms with E-state index in [0.29, 0.717) is 17.8 Å². The largest absolute Gasteiger partial charge is 0.349 e. The number of rotatable bonds is 0. The molecule has 5 rings (SSSR count). The van der Waals surface area contributed by atoms with Gasteiger partial charge in [0.15, 0.2) is 5.65 Å². The van der Waals surface area contributed by atoms with Crippen LogP contribution in [-0.4, -0.2) is 27.0 Å². The molecule has 0 unspecified atom stereocenters. The molecule has 7 heteroatoms. The van der Waals surface area contributed by atoms with Crippen molar-refractivity contribution in [2.75, 3.05) is 16.8 Å². The number of nitrogens with one attached hydrogen (secondary N) is 1. The molecule has 0 spiro atoms. The van der Waals surface area contributed by atoms with E-state index in [1.54, 1.807) is 16.8 Å². The summed E-state index contributed by atoms with van der Waals surface area (Å²) in [4.78, 5) is 19.7. The SMILES string of the molecule is C[C@@H]1CCc2ccc(F)cc2[C@H]2CCCN2c2ccn3ncc(c3n2)NC1=O. The van der Waals surface area contributed by atoms with Crippen LogP contribution in [0.1, 0.15) is 43.4 Å². The highest BCUT2D eigenvalue weighted by atomic mass is 19.1. The molecule has 144 valence electrons. The molecule has 4 heterocycles. The minimum atomic E-state index is -0.220. The molecule has 2 bridgehead atoms. The predicted molar refractivity (Wildman–Crippen MR) is 105 cm³/mol. The zero-order valence-corrected chi connectivity index (χ0v) is 15.7. The lowest BCUT2D eigenvalue weighted by atomic mass is 9.92. The van der Waals surface area contributed by atoms with Gasteiger partial charge < -0.3 is 10.2 Å². The van der Waals surface area contributed by atoms with Crippen LogP contribution in [0.15, 0.2) is 36.7 Å². The summed E-state index contributed by atoms with van der Waals surface area (Å²) in [5.41, 5.74) is 3.38. The molecule has 1 saturated heterocycles. The maximum atomic E-state index is 14.1. The van der Waals surface area contributed by atoms with Gasteiger partial charge in [0.05, 0.1) is 12.2 Å². The van der Waals surface area contributed by atoms with Crippen LogP contribution in [-0.2, 0) is 11.2 Å². The molecular weight excluding hydrogens is 357 g/mol. The first-order chi connectivity index (χ1) is 13.6. The van der Waals surface area contributed by atoms with Gasteiger partial charge in [-0.05, 0) is 55.0 Å². The molecular formula is C21H22FN5O. The lowest BCUT2D eigenvalue weighted by molar-refractivity contribution is -0.119. The van der Waals surface area contributed by atoms with Gasteiger partial charge in [0, 0.05) is 18.7 Å². The summed E-state index contributed by atoms with van der Waals surface area (Å²) >= 11 is 0. The zero-order valence-electron chi connectivity index (χ0n) is 15.7. The first kappa shape index (κ1) is 17.2. The monoisotopic (exact) mass is 379 g/mol. The summed E-state index contributed by atoms with van der Waals surface area (Å²) in [6, 6.07) is 7.07. The molecule has 2 aliphatic heterocycles. The second-order valence-electron chi connectivity index (χ2n) is 7.74. The van der Waals surface area contributed by atoms with Crippen molar-refractivity contribution in [1.29, 1.82) is 0 Å². The van der Waals surface area contributed by atoms with Crippen LogP contribution in [0.25, 0.3) is 5.65 Å². The van der Waals surface area contributed by atoms with E-state index in [4.69, 9.17) is 4.98 Å². The third-order valence-electron chi connectivity index (χ3n) is 5.92. The van der Waals surface area contributed by atoms with E-state index in [-0.39, 0.29) is 23.7 Å². The fourth-order valence-corrected chi connectivity index (χ4v) is 4.33. The number of nitrogens with zero attached hydrogens (tertiary/aromatic N) is 4. The van der Waals surface area contributed by atoms with E-state index >= 15 is 0 Å². The van der Waals surface area contributed by atoms with Crippen molar-refractivity contribution >= 4 is 23.1 Å². The van der Waals surface area contributed by atoms with Crippen molar-refractivity contribution in [3.63, 3.8) is 0 Å². The Hall–Kier alpha value is -2.96. The van der Waals surface area contributed by atoms with Crippen LogP contribution in [0.5, 0.6) is 0 Å². The third-order valence-corrected chi connectivity index (χ3v) is 5.92. The van der Waals surface area contributed by atoms with Crippen LogP contribution in [0.4, 0.5) is 15.9 Å². The Bertz CT molecular complexity index is 1060. The second-order valence-corrected chi connectivity index (χ2v) is 7.74. The van der Waals surface area contributed by atoms with Crippen molar-refractivity contribution in [3.8, 4) is 0 Å². The Morgan fingerprint density at radius 1 is 1.25 bits per heavy atom. The van der Waals surface area contributed by atoms with Gasteiger partial charge in [-0.15, -0.1) is 0 Å². The minimum absolute atomic E-state index is 0.0505. The number of carbonyl (C=O) groups is 1. The summed E-state index contributed by atoms with van der Waals surface area (Å²) < 4.78 is 15.8. The average molecular weight is 379 g/mol. The van der Waals surface area contributed by atoms with Crippen molar-refractivity contribution in [2.24, 2.45) is 5.92 Å². The van der Waals surface area contributed by atoms with Crippen LogP contribution in [0, 0.1) is 11.7 Å². The highest BCUT2D eigenvalue weighted by Gasteiger charge is 2.30. The Labute approximate surface area is 162 Å². The highest BCUT2D eigenvalue weighted by Crippen LogP contribution is 2.38. The topological polar surface area (TPSA) is 62.5 Å². The number of aryl methyl sites for hydroxylation is 1. The van der Waals surface area contributed by atoms with E-state index in [1.165, 1.54) is 6.07 Å². The number of benzene rings is 1. The summed E-state index contributed by atoms with van der Waals surface area (Å²) in [6.07, 6.45) is 6.94. The molecule has 0 radical (unpaired) electrons. The lowest BCUT2D eigenvalue weighted by Crippen LogP contribution is -2.25. The summed E-state index contributed by atoms with van der Waals surface area (Å²) in [6.45, 7) is 2.79. The number of amides is 1. The minimum Gasteiger partial charge on any atom is -0.349 e. The molecule has 0 saturated carbocycles. The van der Waals surface area contributed by atoms with E-state index < -0.39 is 0 Å². The number of hydrogen-bond donors (Lipinski definition) is 1. The highest BCUT2D eigenvalue weighted by molar-refractivity contribution is 5.95. The van der Waals surface area contributed by atoms with Gasteiger partial charge in [-0.1, -0.05) is 13.0 Å². The smallest absolute Gasteiger partial charge is 0.227 e. The van der Waals surface area contributed by atoms with Gasteiger partial charge in [0.2, 0.25) is 5.91 Å². The van der Waals surface area contributed by atoms with E-state index in [1.807, 2.05) is 25.3 Å². The van der Waals surface area contributed by atoms with Crippen LogP contribution in [0.2, 0.25) is 0 Å². The average Bonchev–Trinajstić information content (AvgIpc) is 3.33. The van der Waals surface area contributed by atoms with Crippen LogP contribution >= 0.6 is 0 Å². The molecule has 1 aromatic carbocycles. The predicted octanol–water partition coefficient (Wildman–Crippen LogP) is 3.73. The van der Waals surface area contributed by atoms with E-state index in [0.717, 1.165) is 42.8 Å². The standard InChI is InChI=1S/C21H22FN5O/c1-13-4-5-14-6-7-15(22)11-16(14)18-3-2-9-26(18)19-8-10-27-20(25-19)17(12-23-27)24-21(13)28/h6-8,10-13,18H,2-5,9H2,1H3,(H,24,28)/t13-,18-/m1/s1. The first-order valence-electron chi connectivity index (χ1n) is 9.80. The fraction of sp³-hybridized carbons (Fsp3) is 0.381. The number of hydrogen-bond acceptors (Lipinski definition) is 4. The second kappa shape index (κ2) is 6.58. The van der Waals surface area contributed by atoms with Crippen molar-refractivity contribution in [1.82, 2.24) is 14.6 Å². The molecule has 28 heavy (non-hydrogen) atoms. The van der Waals surface area contributed by atoms with Gasteiger partial charge in [-0.25, -0.2) is 13.9 Å². The summed E-state index contributed by atoms with van der Waals surface area (Å²) in [7, 11) is 0. The molecule has 2 aliphatic rings. The molecule has 3 aromatic rings. The van der Waals surface area contributed by atoms with Crippen LogP contribution in [0.3, 0.4) is 0 Å². The van der Waals surface area contributed by atoms with Gasteiger partial charge in [0.1, 0.15) is 17.3 Å². The van der Waals surface area contributed by atoms with Crippen molar-refractivity contribution in [2.45, 2.75) is 38.6 Å². The maximum absolute atomic E-state index is 14.1. The molecule has 1 fully saturated rings. The Morgan fingerprint density at radius 2 is 2.14 bits per heavy atom. The Morgan fingerprint density at radius 3 is 3.04 bits per heavy atom. The number of fused-ring (bicyclic) bond motifs is 5. The number of halogens is 1. The molecule has 2 atom stereocenters. The molecule has 1 N–H and O–H groups in total. The summed E-state index contributed by atoms with van der Waals surface area (Å²) in [5.74, 6) is 0.387. The quantitative estimate of drug-likeness (QED) is 0.646. The molecule has 1 amide bonds. The summed E-state index contributed by atoms with van der Waals surface area (Å²) in [5, 5.41) is 7.27. The first-order valence-corrected chi connectivity index (χ1v) is 9.80. The third kappa shape index (κ3) is 2.82. The van der Waals surface area contributed by atoms with Gasteiger partial charge in [-0.3, -0.25) is 4.79 Å². The normalized spacial score (nSPS) is 22.2. The van der Waals surface area contributed by atoms with Crippen molar-refractivity contribution in [3.05, 3.63) is 53.6 Å². The molecule has 6 nitrogen and oxygen atoms in total. The fourth-order valence-electron chi connectivity index (χ4n) is 4.33. The Kier molecular flexibility index (Phi) is 4.03. The zero-order chi connectivity index (χ0) is 19.3. The number of aromatic nitrogens is 3.